The summed E-state index contributed by atoms with van der Waals surface area (Å²) in [5.41, 5.74) is 1.70. The molecule has 1 heterocycles. The van der Waals surface area contributed by atoms with Crippen LogP contribution in [0.25, 0.3) is 10.9 Å². The number of hydrogen-bond acceptors (Lipinski definition) is 3. The molecule has 0 saturated heterocycles. The lowest BCUT2D eigenvalue weighted by Crippen LogP contribution is -2.15. The lowest BCUT2D eigenvalue weighted by molar-refractivity contribution is 0.476. The maximum Gasteiger partial charge on any atom is 0.156 e. The zero-order valence-corrected chi connectivity index (χ0v) is 12.2. The van der Waals surface area contributed by atoms with Crippen LogP contribution in [0.1, 0.15) is 26.3 Å². The topological polar surface area (TPSA) is 59.3 Å². The third kappa shape index (κ3) is 2.61. The standard InChI is InChI=1S/C14H19NO3S/c1-4-15-8-11(9-19(17,18)10(2)3)13-7-12(16)5-6-14(13)15/h5-8,10,16H,4,9H2,1-3H3. The molecule has 0 aliphatic rings. The van der Waals surface area contributed by atoms with Crippen molar-refractivity contribution in [1.82, 2.24) is 4.57 Å². The number of phenols is 1. The lowest BCUT2D eigenvalue weighted by Gasteiger charge is -2.06. The second-order valence-corrected chi connectivity index (χ2v) is 7.55. The first-order chi connectivity index (χ1) is 8.85. The van der Waals surface area contributed by atoms with Crippen molar-refractivity contribution in [1.29, 1.82) is 0 Å². The Bertz CT molecular complexity index is 699. The zero-order valence-electron chi connectivity index (χ0n) is 11.4. The normalized spacial score (nSPS) is 12.4. The third-order valence-electron chi connectivity index (χ3n) is 3.36. The van der Waals surface area contributed by atoms with E-state index in [9.17, 15) is 13.5 Å². The summed E-state index contributed by atoms with van der Waals surface area (Å²) < 4.78 is 26.1. The molecule has 0 saturated carbocycles. The summed E-state index contributed by atoms with van der Waals surface area (Å²) in [5, 5.41) is 10.00. The van der Waals surface area contributed by atoms with Gasteiger partial charge in [-0.05, 0) is 44.5 Å². The van der Waals surface area contributed by atoms with Crippen molar-refractivity contribution in [2.24, 2.45) is 0 Å². The van der Waals surface area contributed by atoms with E-state index in [2.05, 4.69) is 0 Å². The van der Waals surface area contributed by atoms with Crippen molar-refractivity contribution in [3.05, 3.63) is 30.0 Å². The number of aryl methyl sites for hydroxylation is 1. The largest absolute Gasteiger partial charge is 0.508 e. The molecule has 0 aliphatic heterocycles. The quantitative estimate of drug-likeness (QED) is 0.937. The summed E-state index contributed by atoms with van der Waals surface area (Å²) in [7, 11) is -3.15. The van der Waals surface area contributed by atoms with Gasteiger partial charge in [-0.2, -0.15) is 0 Å². The van der Waals surface area contributed by atoms with E-state index >= 15 is 0 Å². The molecule has 0 radical (unpaired) electrons. The van der Waals surface area contributed by atoms with Gasteiger partial charge in [0.1, 0.15) is 5.75 Å². The van der Waals surface area contributed by atoms with Crippen LogP contribution in [0.5, 0.6) is 5.75 Å². The number of aromatic nitrogens is 1. The first-order valence-electron chi connectivity index (χ1n) is 6.37. The molecule has 0 aliphatic carbocycles. The molecule has 0 atom stereocenters. The van der Waals surface area contributed by atoms with Crippen molar-refractivity contribution >= 4 is 20.7 Å². The fourth-order valence-corrected chi connectivity index (χ4v) is 3.12. The molecule has 0 bridgehead atoms. The number of fused-ring (bicyclic) bond motifs is 1. The highest BCUT2D eigenvalue weighted by atomic mass is 32.2. The monoisotopic (exact) mass is 281 g/mol. The Labute approximate surface area is 113 Å². The number of hydrogen-bond donors (Lipinski definition) is 1. The molecule has 0 unspecified atom stereocenters. The maximum atomic E-state index is 12.1. The number of sulfone groups is 1. The Morgan fingerprint density at radius 1 is 1.32 bits per heavy atom. The predicted molar refractivity (Wildman–Crippen MR) is 77.0 cm³/mol. The number of phenolic OH excluding ortho intramolecular Hbond substituents is 1. The molecule has 1 N–H and O–H groups in total. The Morgan fingerprint density at radius 2 is 2.00 bits per heavy atom. The van der Waals surface area contributed by atoms with Crippen molar-refractivity contribution < 1.29 is 13.5 Å². The van der Waals surface area contributed by atoms with E-state index in [0.717, 1.165) is 23.0 Å². The molecule has 19 heavy (non-hydrogen) atoms. The van der Waals surface area contributed by atoms with Crippen molar-refractivity contribution in [2.75, 3.05) is 0 Å². The van der Waals surface area contributed by atoms with Crippen LogP contribution in [0.3, 0.4) is 0 Å². The van der Waals surface area contributed by atoms with Gasteiger partial charge in [-0.25, -0.2) is 8.42 Å². The second kappa shape index (κ2) is 4.89. The van der Waals surface area contributed by atoms with Crippen LogP contribution >= 0.6 is 0 Å². The molecular formula is C14H19NO3S. The van der Waals surface area contributed by atoms with Crippen LogP contribution in [0.15, 0.2) is 24.4 Å². The number of nitrogens with zero attached hydrogens (tertiary/aromatic N) is 1. The predicted octanol–water partition coefficient (Wildman–Crippen LogP) is 2.69. The number of rotatable bonds is 4. The van der Waals surface area contributed by atoms with Gasteiger partial charge < -0.3 is 9.67 Å². The maximum absolute atomic E-state index is 12.1. The van der Waals surface area contributed by atoms with Gasteiger partial charge in [-0.3, -0.25) is 0 Å². The van der Waals surface area contributed by atoms with E-state index in [4.69, 9.17) is 0 Å². The summed E-state index contributed by atoms with van der Waals surface area (Å²) in [6.07, 6.45) is 1.87. The molecule has 0 fully saturated rings. The van der Waals surface area contributed by atoms with Crippen LogP contribution in [0, 0.1) is 0 Å². The molecule has 1 aromatic carbocycles. The molecular weight excluding hydrogens is 262 g/mol. The van der Waals surface area contributed by atoms with Gasteiger partial charge in [0, 0.05) is 23.6 Å². The van der Waals surface area contributed by atoms with E-state index in [-0.39, 0.29) is 11.5 Å². The molecule has 104 valence electrons. The first kappa shape index (κ1) is 13.9. The summed E-state index contributed by atoms with van der Waals surface area (Å²) in [6, 6.07) is 5.07. The average molecular weight is 281 g/mol. The number of benzene rings is 1. The highest BCUT2D eigenvalue weighted by Crippen LogP contribution is 2.27. The third-order valence-corrected chi connectivity index (χ3v) is 5.51. The van der Waals surface area contributed by atoms with Gasteiger partial charge in [0.15, 0.2) is 9.84 Å². The molecule has 5 heteroatoms. The zero-order chi connectivity index (χ0) is 14.2. The summed E-state index contributed by atoms with van der Waals surface area (Å²) in [5.74, 6) is 0.169. The fourth-order valence-electron chi connectivity index (χ4n) is 2.12. The molecule has 1 aromatic heterocycles. The Morgan fingerprint density at radius 3 is 2.58 bits per heavy atom. The molecule has 0 spiro atoms. The second-order valence-electron chi connectivity index (χ2n) is 5.00. The van der Waals surface area contributed by atoms with E-state index in [1.54, 1.807) is 26.0 Å². The van der Waals surface area contributed by atoms with Crippen molar-refractivity contribution in [2.45, 2.75) is 38.3 Å². The number of aromatic hydroxyl groups is 1. The minimum absolute atomic E-state index is 0.0115. The minimum Gasteiger partial charge on any atom is -0.508 e. The van der Waals surface area contributed by atoms with Crippen LogP contribution in [-0.2, 0) is 22.1 Å². The fraction of sp³-hybridized carbons (Fsp3) is 0.429. The Balaban J connectivity index is 2.58. The minimum atomic E-state index is -3.15. The van der Waals surface area contributed by atoms with Gasteiger partial charge in [-0.1, -0.05) is 0 Å². The van der Waals surface area contributed by atoms with Gasteiger partial charge in [0.25, 0.3) is 0 Å². The van der Waals surface area contributed by atoms with Gasteiger partial charge >= 0.3 is 0 Å². The van der Waals surface area contributed by atoms with Gasteiger partial charge in [0.2, 0.25) is 0 Å². The van der Waals surface area contributed by atoms with E-state index < -0.39 is 15.1 Å². The van der Waals surface area contributed by atoms with E-state index in [0.29, 0.717) is 0 Å². The average Bonchev–Trinajstić information content (AvgIpc) is 2.66. The Hall–Kier alpha value is -1.49. The smallest absolute Gasteiger partial charge is 0.156 e. The van der Waals surface area contributed by atoms with Gasteiger partial charge in [0.05, 0.1) is 11.0 Å². The van der Waals surface area contributed by atoms with Crippen LogP contribution in [-0.4, -0.2) is 23.3 Å². The summed E-state index contributed by atoms with van der Waals surface area (Å²) in [6.45, 7) is 6.15. The van der Waals surface area contributed by atoms with E-state index in [1.165, 1.54) is 0 Å². The highest BCUT2D eigenvalue weighted by molar-refractivity contribution is 7.91. The summed E-state index contributed by atoms with van der Waals surface area (Å²) in [4.78, 5) is 0. The first-order valence-corrected chi connectivity index (χ1v) is 8.09. The van der Waals surface area contributed by atoms with Crippen LogP contribution in [0.4, 0.5) is 0 Å². The van der Waals surface area contributed by atoms with Gasteiger partial charge in [-0.15, -0.1) is 0 Å². The highest BCUT2D eigenvalue weighted by Gasteiger charge is 2.20. The van der Waals surface area contributed by atoms with Crippen molar-refractivity contribution in [3.63, 3.8) is 0 Å². The molecule has 2 aromatic rings. The molecule has 4 nitrogen and oxygen atoms in total. The van der Waals surface area contributed by atoms with Crippen molar-refractivity contribution in [3.8, 4) is 5.75 Å². The lowest BCUT2D eigenvalue weighted by atomic mass is 10.2. The Kier molecular flexibility index (Phi) is 3.58. The molecule has 2 rings (SSSR count). The molecule has 0 amide bonds. The van der Waals surface area contributed by atoms with E-state index in [1.807, 2.05) is 23.8 Å². The SMILES string of the molecule is CCn1cc(CS(=O)(=O)C(C)C)c2cc(O)ccc21. The van der Waals surface area contributed by atoms with Crippen LogP contribution in [0.2, 0.25) is 0 Å². The van der Waals surface area contributed by atoms with Crippen LogP contribution < -0.4 is 0 Å². The summed E-state index contributed by atoms with van der Waals surface area (Å²) >= 11 is 0.